The number of aromatic nitrogens is 3. The Morgan fingerprint density at radius 2 is 1.69 bits per heavy atom. The van der Waals surface area contributed by atoms with Gasteiger partial charge in [0.15, 0.2) is 0 Å². The van der Waals surface area contributed by atoms with Gasteiger partial charge in [0.05, 0.1) is 29.0 Å². The third-order valence-electron chi connectivity index (χ3n) is 8.53. The molecule has 0 fully saturated rings. The molecule has 0 radical (unpaired) electrons. The topological polar surface area (TPSA) is 83.3 Å². The van der Waals surface area contributed by atoms with Crippen molar-refractivity contribution < 1.29 is 4.79 Å². The van der Waals surface area contributed by atoms with Crippen molar-refractivity contribution in [3.8, 4) is 22.3 Å². The number of aromatic amines is 1. The van der Waals surface area contributed by atoms with Gasteiger partial charge in [-0.2, -0.15) is 10.2 Å². The number of halogens is 1. The highest BCUT2D eigenvalue weighted by Crippen LogP contribution is 2.38. The number of nitrogens with one attached hydrogen (secondary N) is 1. The number of pyridine rings is 1. The molecule has 45 heavy (non-hydrogen) atoms. The van der Waals surface area contributed by atoms with Crippen molar-refractivity contribution in [2.45, 2.75) is 45.7 Å². The summed E-state index contributed by atoms with van der Waals surface area (Å²) in [5.74, 6) is -0.0681. The van der Waals surface area contributed by atoms with Gasteiger partial charge < -0.3 is 4.98 Å². The summed E-state index contributed by atoms with van der Waals surface area (Å²) in [5.41, 5.74) is 7.37. The van der Waals surface area contributed by atoms with Crippen LogP contribution < -0.4 is 5.56 Å². The molecule has 1 aliphatic rings. The summed E-state index contributed by atoms with van der Waals surface area (Å²) in [6, 6.07) is 29.6. The first-order chi connectivity index (χ1) is 21.9. The fourth-order valence-electron chi connectivity index (χ4n) is 6.34. The maximum absolute atomic E-state index is 13.8. The van der Waals surface area contributed by atoms with Gasteiger partial charge in [-0.25, -0.2) is 5.01 Å². The average Bonchev–Trinajstić information content (AvgIpc) is 3.69. The van der Waals surface area contributed by atoms with Crippen molar-refractivity contribution in [2.24, 2.45) is 5.10 Å². The van der Waals surface area contributed by atoms with Crippen LogP contribution in [0.2, 0.25) is 5.02 Å². The van der Waals surface area contributed by atoms with Gasteiger partial charge in [0.1, 0.15) is 0 Å². The maximum atomic E-state index is 13.8. The summed E-state index contributed by atoms with van der Waals surface area (Å²) in [4.78, 5) is 30.3. The Kier molecular flexibility index (Phi) is 7.55. The van der Waals surface area contributed by atoms with E-state index >= 15 is 0 Å². The second-order valence-electron chi connectivity index (χ2n) is 11.4. The molecule has 7 rings (SSSR count). The van der Waals surface area contributed by atoms with Gasteiger partial charge in [0, 0.05) is 46.3 Å². The number of H-pyrrole nitrogens is 1. The Balaban J connectivity index is 1.30. The van der Waals surface area contributed by atoms with Crippen LogP contribution in [-0.4, -0.2) is 31.4 Å². The van der Waals surface area contributed by atoms with Crippen molar-refractivity contribution in [3.05, 3.63) is 124 Å². The van der Waals surface area contributed by atoms with E-state index in [0.29, 0.717) is 41.1 Å². The van der Waals surface area contributed by atoms with Gasteiger partial charge in [-0.3, -0.25) is 14.3 Å². The molecule has 3 heterocycles. The Labute approximate surface area is 265 Å². The lowest BCUT2D eigenvalue weighted by Gasteiger charge is -2.22. The second-order valence-corrected chi connectivity index (χ2v) is 11.8. The largest absolute Gasteiger partial charge is 0.321 e. The van der Waals surface area contributed by atoms with Crippen molar-refractivity contribution in [3.63, 3.8) is 0 Å². The molecule has 0 saturated carbocycles. The average molecular weight is 614 g/mol. The molecule has 4 aromatic carbocycles. The van der Waals surface area contributed by atoms with Gasteiger partial charge in [0.25, 0.3) is 5.56 Å². The molecular formula is C37H32ClN5O2. The van der Waals surface area contributed by atoms with E-state index in [1.165, 1.54) is 0 Å². The first-order valence-corrected chi connectivity index (χ1v) is 15.7. The molecule has 1 unspecified atom stereocenters. The van der Waals surface area contributed by atoms with Gasteiger partial charge in [-0.15, -0.1) is 0 Å². The predicted octanol–water partition coefficient (Wildman–Crippen LogP) is 8.36. The Hall–Kier alpha value is -5.01. The maximum Gasteiger partial charge on any atom is 0.258 e. The minimum Gasteiger partial charge on any atom is -0.321 e. The molecule has 7 nitrogen and oxygen atoms in total. The molecule has 6 aromatic rings. The van der Waals surface area contributed by atoms with Crippen LogP contribution in [0.3, 0.4) is 0 Å². The zero-order valence-corrected chi connectivity index (χ0v) is 25.9. The SMILES string of the molecule is CCCC(=O)N1N=C(c2c(-c3ccccc3)c3cc(Cl)ccc3[nH]c2=O)CC1c1ccc(-c2ccc3c(cnn3CC)c2)cc1. The number of nitrogens with zero attached hydrogens (tertiary/aromatic N) is 4. The minimum absolute atomic E-state index is 0.0681. The van der Waals surface area contributed by atoms with Gasteiger partial charge in [-0.1, -0.05) is 79.2 Å². The first-order valence-electron chi connectivity index (χ1n) is 15.3. The van der Waals surface area contributed by atoms with Crippen molar-refractivity contribution >= 4 is 45.0 Å². The van der Waals surface area contributed by atoms with E-state index < -0.39 is 0 Å². The van der Waals surface area contributed by atoms with E-state index in [2.05, 4.69) is 59.5 Å². The van der Waals surface area contributed by atoms with Crippen LogP contribution in [0.4, 0.5) is 0 Å². The molecule has 1 amide bonds. The molecule has 0 spiro atoms. The smallest absolute Gasteiger partial charge is 0.258 e. The van der Waals surface area contributed by atoms with Crippen LogP contribution in [0.5, 0.6) is 0 Å². The second kappa shape index (κ2) is 11.8. The van der Waals surface area contributed by atoms with Crippen LogP contribution in [0.15, 0.2) is 107 Å². The lowest BCUT2D eigenvalue weighted by Crippen LogP contribution is -2.26. The Morgan fingerprint density at radius 3 is 2.44 bits per heavy atom. The van der Waals surface area contributed by atoms with E-state index in [1.54, 1.807) is 11.1 Å². The lowest BCUT2D eigenvalue weighted by molar-refractivity contribution is -0.133. The van der Waals surface area contributed by atoms with Crippen LogP contribution in [-0.2, 0) is 11.3 Å². The Bertz CT molecular complexity index is 2150. The summed E-state index contributed by atoms with van der Waals surface area (Å²) in [5, 5.41) is 13.4. The predicted molar refractivity (Wildman–Crippen MR) is 182 cm³/mol. The summed E-state index contributed by atoms with van der Waals surface area (Å²) in [6.45, 7) is 4.89. The van der Waals surface area contributed by atoms with Crippen molar-refractivity contribution in [1.82, 2.24) is 19.8 Å². The zero-order valence-electron chi connectivity index (χ0n) is 25.1. The molecule has 224 valence electrons. The molecule has 0 bridgehead atoms. The van der Waals surface area contributed by atoms with E-state index in [-0.39, 0.29) is 17.5 Å². The van der Waals surface area contributed by atoms with Crippen LogP contribution >= 0.6 is 11.6 Å². The number of aryl methyl sites for hydroxylation is 1. The molecule has 1 aliphatic heterocycles. The normalized spacial score (nSPS) is 14.8. The number of fused-ring (bicyclic) bond motifs is 2. The van der Waals surface area contributed by atoms with Gasteiger partial charge in [0.2, 0.25) is 5.91 Å². The number of carbonyl (C=O) groups excluding carboxylic acids is 1. The number of hydrogen-bond acceptors (Lipinski definition) is 4. The highest BCUT2D eigenvalue weighted by Gasteiger charge is 2.35. The van der Waals surface area contributed by atoms with E-state index in [9.17, 15) is 9.59 Å². The summed E-state index contributed by atoms with van der Waals surface area (Å²) >= 11 is 6.45. The monoisotopic (exact) mass is 613 g/mol. The summed E-state index contributed by atoms with van der Waals surface area (Å²) in [7, 11) is 0. The van der Waals surface area contributed by atoms with Crippen LogP contribution in [0, 0.1) is 0 Å². The number of amides is 1. The molecule has 0 saturated heterocycles. The quantitative estimate of drug-likeness (QED) is 0.196. The summed E-state index contributed by atoms with van der Waals surface area (Å²) < 4.78 is 1.99. The molecular weight excluding hydrogens is 582 g/mol. The fourth-order valence-corrected chi connectivity index (χ4v) is 6.51. The minimum atomic E-state index is -0.337. The third kappa shape index (κ3) is 5.23. The zero-order chi connectivity index (χ0) is 31.1. The van der Waals surface area contributed by atoms with Gasteiger partial charge in [-0.05, 0) is 65.9 Å². The number of hydrogen-bond donors (Lipinski definition) is 1. The number of benzene rings is 4. The van der Waals surface area contributed by atoms with Crippen molar-refractivity contribution in [2.75, 3.05) is 0 Å². The standard InChI is InChI=1S/C37H32ClN5O2/c1-3-8-34(44)43-33(24-13-11-23(12-14-24)26-15-18-32-27(19-26)22-39-42(32)4-2)21-31(41-43)36-35(25-9-6-5-7-10-25)29-20-28(38)16-17-30(29)40-37(36)45/h5-7,9-20,22,33H,3-4,8,21H2,1-2H3,(H,40,45). The summed E-state index contributed by atoms with van der Waals surface area (Å²) in [6.07, 6.45) is 3.38. The molecule has 8 heteroatoms. The number of rotatable bonds is 7. The molecule has 2 aromatic heterocycles. The van der Waals surface area contributed by atoms with Gasteiger partial charge >= 0.3 is 0 Å². The van der Waals surface area contributed by atoms with E-state index in [0.717, 1.165) is 50.7 Å². The fraction of sp³-hybridized carbons (Fsp3) is 0.189. The molecule has 0 aliphatic carbocycles. The highest BCUT2D eigenvalue weighted by molar-refractivity contribution is 6.31. The Morgan fingerprint density at radius 1 is 0.911 bits per heavy atom. The van der Waals surface area contributed by atoms with E-state index in [1.807, 2.05) is 60.3 Å². The first kappa shape index (κ1) is 28.7. The highest BCUT2D eigenvalue weighted by atomic mass is 35.5. The number of hydrazone groups is 1. The number of carbonyl (C=O) groups is 1. The van der Waals surface area contributed by atoms with Crippen LogP contribution in [0.1, 0.15) is 50.3 Å². The third-order valence-corrected chi connectivity index (χ3v) is 8.76. The molecule has 1 atom stereocenters. The molecule has 1 N–H and O–H groups in total. The van der Waals surface area contributed by atoms with Crippen molar-refractivity contribution in [1.29, 1.82) is 0 Å². The van der Waals surface area contributed by atoms with E-state index in [4.69, 9.17) is 16.7 Å². The van der Waals surface area contributed by atoms with Crippen LogP contribution in [0.25, 0.3) is 44.1 Å². The lowest BCUT2D eigenvalue weighted by atomic mass is 9.90.